The molecule has 0 rings (SSSR count). The number of rotatable bonds is 5. The Kier molecular flexibility index (Phi) is 4.63. The largest absolute Gasteiger partial charge is 0.396 e. The zero-order valence-electron chi connectivity index (χ0n) is 6.66. The van der Waals surface area contributed by atoms with Crippen LogP contribution in [0.3, 0.4) is 0 Å². The Balaban J connectivity index is 3.62. The summed E-state index contributed by atoms with van der Waals surface area (Å²) in [7, 11) is -3.36. The molecule has 0 bridgehead atoms. The Morgan fingerprint density at radius 1 is 1.45 bits per heavy atom. The molecule has 11 heavy (non-hydrogen) atoms. The average molecular weight is 181 g/mol. The molecule has 0 amide bonds. The van der Waals surface area contributed by atoms with Gasteiger partial charge in [-0.15, -0.1) is 0 Å². The molecule has 0 heterocycles. The van der Waals surface area contributed by atoms with E-state index in [9.17, 15) is 8.42 Å². The van der Waals surface area contributed by atoms with Crippen LogP contribution in [0.1, 0.15) is 26.2 Å². The van der Waals surface area contributed by atoms with Gasteiger partial charge in [0.15, 0.2) is 0 Å². The Labute approximate surface area is 67.5 Å². The molecule has 0 radical (unpaired) electrons. The number of hydrogen-bond donors (Lipinski definition) is 2. The van der Waals surface area contributed by atoms with Crippen LogP contribution in [0.25, 0.3) is 0 Å². The van der Waals surface area contributed by atoms with Crippen LogP contribution in [-0.2, 0) is 10.0 Å². The summed E-state index contributed by atoms with van der Waals surface area (Å²) < 4.78 is 21.3. The van der Waals surface area contributed by atoms with E-state index in [1.165, 1.54) is 0 Å². The van der Waals surface area contributed by atoms with Crippen molar-refractivity contribution in [3.05, 3.63) is 0 Å². The maximum atomic E-state index is 10.6. The average Bonchev–Trinajstić information content (AvgIpc) is 1.86. The van der Waals surface area contributed by atoms with Gasteiger partial charge in [-0.3, -0.25) is 0 Å². The molecular weight excluding hydrogens is 166 g/mol. The highest BCUT2D eigenvalue weighted by atomic mass is 32.2. The lowest BCUT2D eigenvalue weighted by Gasteiger charge is -2.06. The molecule has 68 valence electrons. The monoisotopic (exact) mass is 181 g/mol. The summed E-state index contributed by atoms with van der Waals surface area (Å²) in [5, 5.41) is 12.8. The second-order valence-corrected chi connectivity index (χ2v) is 4.60. The second-order valence-electron chi connectivity index (χ2n) is 2.62. The molecule has 5 heteroatoms. The van der Waals surface area contributed by atoms with Gasteiger partial charge in [0, 0.05) is 6.61 Å². The summed E-state index contributed by atoms with van der Waals surface area (Å²) in [6.45, 7) is 1.68. The topological polar surface area (TPSA) is 80.4 Å². The van der Waals surface area contributed by atoms with Crippen molar-refractivity contribution in [2.75, 3.05) is 6.61 Å². The van der Waals surface area contributed by atoms with Crippen molar-refractivity contribution >= 4 is 10.0 Å². The van der Waals surface area contributed by atoms with E-state index in [1.807, 2.05) is 0 Å². The van der Waals surface area contributed by atoms with Crippen molar-refractivity contribution in [1.29, 1.82) is 0 Å². The molecule has 1 atom stereocenters. The fraction of sp³-hybridized carbons (Fsp3) is 1.00. The third kappa shape index (κ3) is 5.17. The minimum Gasteiger partial charge on any atom is -0.396 e. The van der Waals surface area contributed by atoms with Gasteiger partial charge in [0.1, 0.15) is 0 Å². The molecule has 0 aliphatic heterocycles. The predicted molar refractivity (Wildman–Crippen MR) is 43.5 cm³/mol. The molecule has 0 aromatic heterocycles. The van der Waals surface area contributed by atoms with E-state index in [4.69, 9.17) is 10.2 Å². The third-order valence-corrected chi connectivity index (χ3v) is 2.94. The van der Waals surface area contributed by atoms with Gasteiger partial charge in [-0.1, -0.05) is 0 Å². The number of sulfonamides is 1. The summed E-state index contributed by atoms with van der Waals surface area (Å²) >= 11 is 0. The van der Waals surface area contributed by atoms with Gasteiger partial charge in [0.05, 0.1) is 5.25 Å². The van der Waals surface area contributed by atoms with Crippen molar-refractivity contribution in [3.63, 3.8) is 0 Å². The fourth-order valence-corrected chi connectivity index (χ4v) is 1.20. The van der Waals surface area contributed by atoms with E-state index in [-0.39, 0.29) is 6.61 Å². The lowest BCUT2D eigenvalue weighted by atomic mass is 10.2. The number of primary sulfonamides is 1. The van der Waals surface area contributed by atoms with E-state index in [1.54, 1.807) is 6.92 Å². The molecule has 0 saturated heterocycles. The fourth-order valence-electron chi connectivity index (χ4n) is 0.708. The van der Waals surface area contributed by atoms with Crippen LogP contribution >= 0.6 is 0 Å². The second kappa shape index (κ2) is 4.69. The number of nitrogens with two attached hydrogens (primary N) is 1. The van der Waals surface area contributed by atoms with Crippen molar-refractivity contribution in [1.82, 2.24) is 0 Å². The number of hydrogen-bond acceptors (Lipinski definition) is 3. The van der Waals surface area contributed by atoms with Crippen molar-refractivity contribution in [2.24, 2.45) is 5.14 Å². The summed E-state index contributed by atoms with van der Waals surface area (Å²) in [6.07, 6.45) is 1.87. The highest BCUT2D eigenvalue weighted by Crippen LogP contribution is 2.05. The van der Waals surface area contributed by atoms with E-state index in [0.29, 0.717) is 19.3 Å². The first-order valence-electron chi connectivity index (χ1n) is 3.61. The molecule has 3 N–H and O–H groups in total. The molecule has 0 aromatic rings. The molecule has 0 aromatic carbocycles. The molecule has 0 aliphatic rings. The molecule has 0 aliphatic carbocycles. The Morgan fingerprint density at radius 3 is 2.36 bits per heavy atom. The molecule has 4 nitrogen and oxygen atoms in total. The van der Waals surface area contributed by atoms with Crippen LogP contribution in [-0.4, -0.2) is 25.4 Å². The van der Waals surface area contributed by atoms with Crippen LogP contribution < -0.4 is 5.14 Å². The van der Waals surface area contributed by atoms with Crippen molar-refractivity contribution in [2.45, 2.75) is 31.4 Å². The number of aliphatic hydroxyl groups is 1. The maximum absolute atomic E-state index is 10.6. The smallest absolute Gasteiger partial charge is 0.211 e. The molecule has 0 spiro atoms. The minimum atomic E-state index is -3.36. The SMILES string of the molecule is CC(CCCCO)S(N)(=O)=O. The van der Waals surface area contributed by atoms with Crippen LogP contribution in [0.2, 0.25) is 0 Å². The third-order valence-electron chi connectivity index (χ3n) is 1.58. The lowest BCUT2D eigenvalue weighted by molar-refractivity contribution is 0.283. The van der Waals surface area contributed by atoms with Crippen molar-refractivity contribution in [3.8, 4) is 0 Å². The van der Waals surface area contributed by atoms with Gasteiger partial charge in [0.25, 0.3) is 0 Å². The minimum absolute atomic E-state index is 0.108. The van der Waals surface area contributed by atoms with Crippen molar-refractivity contribution < 1.29 is 13.5 Å². The van der Waals surface area contributed by atoms with Gasteiger partial charge < -0.3 is 5.11 Å². The molecular formula is C6H15NO3S. The zero-order valence-corrected chi connectivity index (χ0v) is 7.47. The van der Waals surface area contributed by atoms with Gasteiger partial charge >= 0.3 is 0 Å². The van der Waals surface area contributed by atoms with Gasteiger partial charge in [-0.2, -0.15) is 0 Å². The Morgan fingerprint density at radius 2 is 2.00 bits per heavy atom. The van der Waals surface area contributed by atoms with Gasteiger partial charge in [-0.05, 0) is 26.2 Å². The highest BCUT2D eigenvalue weighted by Gasteiger charge is 2.13. The summed E-state index contributed by atoms with van der Waals surface area (Å²) in [6, 6.07) is 0. The predicted octanol–water partition coefficient (Wildman–Crippen LogP) is -0.174. The van der Waals surface area contributed by atoms with E-state index in [0.717, 1.165) is 0 Å². The molecule has 0 saturated carbocycles. The summed E-state index contributed by atoms with van der Waals surface area (Å²) in [5.41, 5.74) is 0. The number of unbranched alkanes of at least 4 members (excludes halogenated alkanes) is 1. The van der Waals surface area contributed by atoms with Crippen LogP contribution in [0.4, 0.5) is 0 Å². The Bertz CT molecular complexity index is 188. The van der Waals surface area contributed by atoms with Crippen LogP contribution in [0.5, 0.6) is 0 Å². The lowest BCUT2D eigenvalue weighted by Crippen LogP contribution is -2.25. The van der Waals surface area contributed by atoms with Crippen LogP contribution in [0.15, 0.2) is 0 Å². The number of aliphatic hydroxyl groups excluding tert-OH is 1. The zero-order chi connectivity index (χ0) is 8.91. The van der Waals surface area contributed by atoms with E-state index >= 15 is 0 Å². The summed E-state index contributed by atoms with van der Waals surface area (Å²) in [4.78, 5) is 0. The first-order valence-corrected chi connectivity index (χ1v) is 5.22. The van der Waals surface area contributed by atoms with Gasteiger partial charge in [-0.25, -0.2) is 13.6 Å². The first-order chi connectivity index (χ1) is 4.98. The standard InChI is InChI=1S/C6H15NO3S/c1-6(11(7,9)10)4-2-3-5-8/h6,8H,2-5H2,1H3,(H2,7,9,10). The van der Waals surface area contributed by atoms with E-state index in [2.05, 4.69) is 0 Å². The van der Waals surface area contributed by atoms with Crippen LogP contribution in [0, 0.1) is 0 Å². The first kappa shape index (κ1) is 10.9. The maximum Gasteiger partial charge on any atom is 0.211 e. The molecule has 0 fully saturated rings. The van der Waals surface area contributed by atoms with Gasteiger partial charge in [0.2, 0.25) is 10.0 Å². The Hall–Kier alpha value is -0.130. The summed E-state index contributed by atoms with van der Waals surface area (Å²) in [5.74, 6) is 0. The highest BCUT2D eigenvalue weighted by molar-refractivity contribution is 7.89. The normalized spacial score (nSPS) is 14.8. The van der Waals surface area contributed by atoms with E-state index < -0.39 is 15.3 Å². The molecule has 1 unspecified atom stereocenters. The quantitative estimate of drug-likeness (QED) is 0.578.